The molecule has 0 amide bonds. The largest absolute Gasteiger partial charge is 0.416 e. The summed E-state index contributed by atoms with van der Waals surface area (Å²) in [5.74, 6) is 0.583. The highest BCUT2D eigenvalue weighted by molar-refractivity contribution is 7.14. The smallest absolute Gasteiger partial charge is 0.397 e. The molecule has 0 bridgehead atoms. The highest BCUT2D eigenvalue weighted by Gasteiger charge is 2.31. The Labute approximate surface area is 122 Å². The Morgan fingerprint density at radius 2 is 2.00 bits per heavy atom. The number of aryl methyl sites for hydroxylation is 2. The third-order valence-electron chi connectivity index (χ3n) is 3.43. The Morgan fingerprint density at radius 1 is 1.29 bits per heavy atom. The van der Waals surface area contributed by atoms with E-state index in [4.69, 9.17) is 5.73 Å². The van der Waals surface area contributed by atoms with E-state index in [-0.39, 0.29) is 0 Å². The van der Waals surface area contributed by atoms with Crippen LogP contribution < -0.4 is 5.73 Å². The number of hydrogen-bond acceptors (Lipinski definition) is 3. The number of imidazole rings is 1. The molecule has 0 aliphatic carbocycles. The molecule has 2 heterocycles. The predicted molar refractivity (Wildman–Crippen MR) is 78.2 cm³/mol. The molecule has 0 atom stereocenters. The fraction of sp³-hybridized carbons (Fsp3) is 0.214. The van der Waals surface area contributed by atoms with Gasteiger partial charge in [-0.25, -0.2) is 4.98 Å². The van der Waals surface area contributed by atoms with Gasteiger partial charge < -0.3 is 10.3 Å². The van der Waals surface area contributed by atoms with Crippen molar-refractivity contribution in [1.29, 1.82) is 0 Å². The SMILES string of the molecule is Cc1csc(-c2nc3cc(C(F)(F)F)ccc3n2C)c1N. The van der Waals surface area contributed by atoms with E-state index in [1.807, 2.05) is 12.3 Å². The second kappa shape index (κ2) is 4.49. The monoisotopic (exact) mass is 311 g/mol. The van der Waals surface area contributed by atoms with Crippen molar-refractivity contribution in [1.82, 2.24) is 9.55 Å². The van der Waals surface area contributed by atoms with E-state index >= 15 is 0 Å². The van der Waals surface area contributed by atoms with Crippen molar-refractivity contribution in [2.24, 2.45) is 7.05 Å². The van der Waals surface area contributed by atoms with Crippen molar-refractivity contribution in [2.45, 2.75) is 13.1 Å². The van der Waals surface area contributed by atoms with Gasteiger partial charge in [-0.15, -0.1) is 11.3 Å². The maximum atomic E-state index is 12.8. The number of halogens is 3. The molecule has 0 fully saturated rings. The number of benzene rings is 1. The van der Waals surface area contributed by atoms with Crippen molar-refractivity contribution in [3.8, 4) is 10.7 Å². The van der Waals surface area contributed by atoms with Gasteiger partial charge in [0.1, 0.15) is 0 Å². The molecular weight excluding hydrogens is 299 g/mol. The second-order valence-electron chi connectivity index (χ2n) is 4.86. The lowest BCUT2D eigenvalue weighted by Gasteiger charge is -2.05. The maximum Gasteiger partial charge on any atom is 0.416 e. The van der Waals surface area contributed by atoms with Gasteiger partial charge in [0, 0.05) is 7.05 Å². The zero-order chi connectivity index (χ0) is 15.4. The van der Waals surface area contributed by atoms with Gasteiger partial charge in [-0.3, -0.25) is 0 Å². The van der Waals surface area contributed by atoms with E-state index in [0.29, 0.717) is 22.5 Å². The summed E-state index contributed by atoms with van der Waals surface area (Å²) < 4.78 is 40.0. The minimum absolute atomic E-state index is 0.313. The summed E-state index contributed by atoms with van der Waals surface area (Å²) in [5, 5.41) is 1.91. The normalized spacial score (nSPS) is 12.2. The number of thiophene rings is 1. The molecule has 2 N–H and O–H groups in total. The van der Waals surface area contributed by atoms with Crippen LogP contribution in [0.5, 0.6) is 0 Å². The zero-order valence-electron chi connectivity index (χ0n) is 11.3. The van der Waals surface area contributed by atoms with Gasteiger partial charge in [-0.1, -0.05) is 0 Å². The Bertz CT molecular complexity index is 830. The summed E-state index contributed by atoms with van der Waals surface area (Å²) in [7, 11) is 1.77. The highest BCUT2D eigenvalue weighted by Crippen LogP contribution is 2.37. The minimum Gasteiger partial charge on any atom is -0.397 e. The molecule has 7 heteroatoms. The number of rotatable bonds is 1. The molecular formula is C14H12F3N3S. The number of alkyl halides is 3. The number of nitrogen functional groups attached to an aromatic ring is 1. The quantitative estimate of drug-likeness (QED) is 0.731. The zero-order valence-corrected chi connectivity index (χ0v) is 12.1. The third-order valence-corrected chi connectivity index (χ3v) is 4.54. The first-order chi connectivity index (χ1) is 9.79. The first-order valence-corrected chi connectivity index (χ1v) is 7.04. The van der Waals surface area contributed by atoms with Gasteiger partial charge >= 0.3 is 6.18 Å². The summed E-state index contributed by atoms with van der Waals surface area (Å²) in [6, 6.07) is 3.57. The third kappa shape index (κ3) is 2.17. The molecule has 3 aromatic rings. The van der Waals surface area contributed by atoms with E-state index in [2.05, 4.69) is 4.98 Å². The number of nitrogens with zero attached hydrogens (tertiary/aromatic N) is 2. The molecule has 1 aromatic carbocycles. The molecule has 0 radical (unpaired) electrons. The van der Waals surface area contributed by atoms with Gasteiger partial charge in [0.05, 0.1) is 27.2 Å². The van der Waals surface area contributed by atoms with Crippen LogP contribution in [0.3, 0.4) is 0 Å². The Hall–Kier alpha value is -2.02. The standard InChI is InChI=1S/C14H12F3N3S/c1-7-6-21-12(11(7)18)13-19-9-5-8(14(15,16)17)3-4-10(9)20(13)2/h3-6H,18H2,1-2H3. The van der Waals surface area contributed by atoms with Crippen LogP contribution in [0.1, 0.15) is 11.1 Å². The van der Waals surface area contributed by atoms with Gasteiger partial charge in [0.15, 0.2) is 5.82 Å². The number of nitrogens with two attached hydrogens (primary N) is 1. The molecule has 3 rings (SSSR count). The van der Waals surface area contributed by atoms with Gasteiger partial charge in [0.2, 0.25) is 0 Å². The Balaban J connectivity index is 2.22. The van der Waals surface area contributed by atoms with Crippen molar-refractivity contribution >= 4 is 28.1 Å². The van der Waals surface area contributed by atoms with Crippen LogP contribution >= 0.6 is 11.3 Å². The number of fused-ring (bicyclic) bond motifs is 1. The number of hydrogen-bond donors (Lipinski definition) is 1. The molecule has 0 saturated heterocycles. The average Bonchev–Trinajstić information content (AvgIpc) is 2.90. The van der Waals surface area contributed by atoms with Crippen LogP contribution in [0.25, 0.3) is 21.7 Å². The minimum atomic E-state index is -4.37. The summed E-state index contributed by atoms with van der Waals surface area (Å²) in [5.41, 5.74) is 7.82. The van der Waals surface area contributed by atoms with Crippen LogP contribution in [-0.2, 0) is 13.2 Å². The molecule has 110 valence electrons. The fourth-order valence-electron chi connectivity index (χ4n) is 2.21. The van der Waals surface area contributed by atoms with Crippen LogP contribution in [0.2, 0.25) is 0 Å². The van der Waals surface area contributed by atoms with E-state index in [1.54, 1.807) is 11.6 Å². The molecule has 0 saturated carbocycles. The maximum absolute atomic E-state index is 12.8. The molecule has 0 aliphatic rings. The average molecular weight is 311 g/mol. The first-order valence-electron chi connectivity index (χ1n) is 6.16. The molecule has 21 heavy (non-hydrogen) atoms. The molecule has 3 nitrogen and oxygen atoms in total. The second-order valence-corrected chi connectivity index (χ2v) is 5.74. The van der Waals surface area contributed by atoms with E-state index in [1.165, 1.54) is 17.4 Å². The van der Waals surface area contributed by atoms with Gasteiger partial charge in [-0.05, 0) is 36.1 Å². The fourth-order valence-corrected chi connectivity index (χ4v) is 3.20. The Kier molecular flexibility index (Phi) is 2.98. The van der Waals surface area contributed by atoms with E-state index in [9.17, 15) is 13.2 Å². The Morgan fingerprint density at radius 3 is 2.57 bits per heavy atom. The molecule has 2 aromatic heterocycles. The summed E-state index contributed by atoms with van der Waals surface area (Å²) in [6.45, 7) is 1.89. The van der Waals surface area contributed by atoms with Crippen molar-refractivity contribution < 1.29 is 13.2 Å². The number of aromatic nitrogens is 2. The molecule has 0 aliphatic heterocycles. The van der Waals surface area contributed by atoms with E-state index < -0.39 is 11.7 Å². The highest BCUT2D eigenvalue weighted by atomic mass is 32.1. The van der Waals surface area contributed by atoms with Crippen LogP contribution in [0.4, 0.5) is 18.9 Å². The summed E-state index contributed by atoms with van der Waals surface area (Å²) in [6.07, 6.45) is -4.37. The first kappa shape index (κ1) is 13.9. The van der Waals surface area contributed by atoms with Crippen LogP contribution in [0, 0.1) is 6.92 Å². The van der Waals surface area contributed by atoms with Gasteiger partial charge in [-0.2, -0.15) is 13.2 Å². The topological polar surface area (TPSA) is 43.8 Å². The summed E-state index contributed by atoms with van der Waals surface area (Å²) in [4.78, 5) is 5.10. The lowest BCUT2D eigenvalue weighted by molar-refractivity contribution is -0.137. The molecule has 0 spiro atoms. The lowest BCUT2D eigenvalue weighted by atomic mass is 10.2. The predicted octanol–water partition coefficient (Wildman–Crippen LogP) is 4.21. The van der Waals surface area contributed by atoms with Crippen molar-refractivity contribution in [3.05, 3.63) is 34.7 Å². The van der Waals surface area contributed by atoms with E-state index in [0.717, 1.165) is 22.6 Å². The van der Waals surface area contributed by atoms with Gasteiger partial charge in [0.25, 0.3) is 0 Å². The van der Waals surface area contributed by atoms with Crippen LogP contribution in [-0.4, -0.2) is 9.55 Å². The summed E-state index contributed by atoms with van der Waals surface area (Å²) >= 11 is 1.44. The van der Waals surface area contributed by atoms with Crippen molar-refractivity contribution in [3.63, 3.8) is 0 Å². The van der Waals surface area contributed by atoms with Crippen molar-refractivity contribution in [2.75, 3.05) is 5.73 Å². The number of anilines is 1. The molecule has 0 unspecified atom stereocenters. The lowest BCUT2D eigenvalue weighted by Crippen LogP contribution is -2.04. The van der Waals surface area contributed by atoms with Crippen LogP contribution in [0.15, 0.2) is 23.6 Å².